The summed E-state index contributed by atoms with van der Waals surface area (Å²) in [4.78, 5) is 11.2. The van der Waals surface area contributed by atoms with Gasteiger partial charge in [-0.05, 0) is 6.07 Å². The molecule has 0 aliphatic carbocycles. The van der Waals surface area contributed by atoms with Gasteiger partial charge < -0.3 is 4.42 Å². The molecule has 0 saturated heterocycles. The van der Waals surface area contributed by atoms with Crippen molar-refractivity contribution in [1.82, 2.24) is 0 Å². The van der Waals surface area contributed by atoms with Gasteiger partial charge in [-0.2, -0.15) is 5.26 Å². The fraction of sp³-hybridized carbons (Fsp3) is 0. The minimum atomic E-state index is -1.05. The molecule has 0 saturated carbocycles. The van der Waals surface area contributed by atoms with Crippen LogP contribution in [0.1, 0.15) is 5.56 Å². The monoisotopic (exact) mass is 241 g/mol. The maximum Gasteiger partial charge on any atom is 0.355 e. The van der Waals surface area contributed by atoms with Crippen LogP contribution < -0.4 is 5.63 Å². The molecule has 0 N–H and O–H groups in total. The van der Waals surface area contributed by atoms with E-state index in [1.165, 1.54) is 6.07 Å². The number of hydrogen-bond acceptors (Lipinski definition) is 3. The summed E-state index contributed by atoms with van der Waals surface area (Å²) in [7, 11) is 0. The molecular weight excluding hydrogens is 240 g/mol. The molecule has 0 amide bonds. The SMILES string of the molecule is N#Cc1c(Cl)c2cc(F)cc(F)c2oc1=O. The third-order valence-electron chi connectivity index (χ3n) is 1.98. The topological polar surface area (TPSA) is 54.0 Å². The third kappa shape index (κ3) is 1.44. The van der Waals surface area contributed by atoms with Gasteiger partial charge >= 0.3 is 5.63 Å². The van der Waals surface area contributed by atoms with E-state index in [0.29, 0.717) is 6.07 Å². The van der Waals surface area contributed by atoms with E-state index in [2.05, 4.69) is 4.42 Å². The molecule has 1 aromatic carbocycles. The van der Waals surface area contributed by atoms with Crippen molar-refractivity contribution in [3.63, 3.8) is 0 Å². The van der Waals surface area contributed by atoms with Gasteiger partial charge in [0.15, 0.2) is 17.0 Å². The number of nitriles is 1. The Bertz CT molecular complexity index is 688. The maximum absolute atomic E-state index is 13.2. The van der Waals surface area contributed by atoms with Gasteiger partial charge in [-0.25, -0.2) is 13.6 Å². The lowest BCUT2D eigenvalue weighted by Crippen LogP contribution is -2.05. The molecule has 0 unspecified atom stereocenters. The van der Waals surface area contributed by atoms with Gasteiger partial charge in [0, 0.05) is 11.5 Å². The van der Waals surface area contributed by atoms with E-state index in [-0.39, 0.29) is 10.4 Å². The molecule has 2 rings (SSSR count). The first-order chi connectivity index (χ1) is 7.54. The van der Waals surface area contributed by atoms with E-state index >= 15 is 0 Å². The zero-order chi connectivity index (χ0) is 11.9. The van der Waals surface area contributed by atoms with Crippen molar-refractivity contribution in [2.24, 2.45) is 0 Å². The van der Waals surface area contributed by atoms with Gasteiger partial charge in [-0.1, -0.05) is 11.6 Å². The summed E-state index contributed by atoms with van der Waals surface area (Å²) in [6, 6.07) is 2.97. The Hall–Kier alpha value is -1.93. The Labute approximate surface area is 92.5 Å². The zero-order valence-electron chi connectivity index (χ0n) is 7.55. The van der Waals surface area contributed by atoms with Crippen molar-refractivity contribution in [3.8, 4) is 6.07 Å². The van der Waals surface area contributed by atoms with Crippen LogP contribution in [0.4, 0.5) is 8.78 Å². The van der Waals surface area contributed by atoms with Gasteiger partial charge in [0.05, 0.1) is 5.02 Å². The molecule has 0 bridgehead atoms. The second kappa shape index (κ2) is 3.58. The summed E-state index contributed by atoms with van der Waals surface area (Å²) in [6.45, 7) is 0. The molecule has 3 nitrogen and oxygen atoms in total. The Morgan fingerprint density at radius 2 is 2.06 bits per heavy atom. The van der Waals surface area contributed by atoms with Gasteiger partial charge in [-0.15, -0.1) is 0 Å². The minimum absolute atomic E-state index is 0.143. The first kappa shape index (κ1) is 10.6. The van der Waals surface area contributed by atoms with Crippen molar-refractivity contribution in [2.45, 2.75) is 0 Å². The van der Waals surface area contributed by atoms with Crippen LogP contribution in [0, 0.1) is 23.0 Å². The number of benzene rings is 1. The van der Waals surface area contributed by atoms with E-state index in [1.807, 2.05) is 0 Å². The average Bonchev–Trinajstić information content (AvgIpc) is 2.21. The first-order valence-corrected chi connectivity index (χ1v) is 4.44. The summed E-state index contributed by atoms with van der Waals surface area (Å²) in [5.41, 5.74) is -1.99. The molecule has 0 radical (unpaired) electrons. The molecular formula is C10H2ClF2NO2. The van der Waals surface area contributed by atoms with Gasteiger partial charge in [0.25, 0.3) is 0 Å². The molecule has 1 heterocycles. The lowest BCUT2D eigenvalue weighted by atomic mass is 10.2. The highest BCUT2D eigenvalue weighted by molar-refractivity contribution is 6.36. The van der Waals surface area contributed by atoms with Crippen LogP contribution in [0.5, 0.6) is 0 Å². The first-order valence-electron chi connectivity index (χ1n) is 4.06. The standard InChI is InChI=1S/C10H2ClF2NO2/c11-8-5-1-4(12)2-7(13)9(5)16-10(15)6(8)3-14/h1-2H. The Morgan fingerprint density at radius 1 is 1.38 bits per heavy atom. The van der Waals surface area contributed by atoms with Crippen molar-refractivity contribution in [2.75, 3.05) is 0 Å². The molecule has 0 atom stereocenters. The van der Waals surface area contributed by atoms with Gasteiger partial charge in [0.2, 0.25) is 0 Å². The maximum atomic E-state index is 13.2. The van der Waals surface area contributed by atoms with Crippen molar-refractivity contribution < 1.29 is 13.2 Å². The Morgan fingerprint density at radius 3 is 2.69 bits per heavy atom. The predicted octanol–water partition coefficient (Wildman–Crippen LogP) is 2.60. The molecule has 16 heavy (non-hydrogen) atoms. The molecule has 0 aliphatic rings. The minimum Gasteiger partial charge on any atom is -0.419 e. The van der Waals surface area contributed by atoms with Crippen molar-refractivity contribution >= 4 is 22.6 Å². The number of nitrogens with zero attached hydrogens (tertiary/aromatic N) is 1. The summed E-state index contributed by atoms with van der Waals surface area (Å²) >= 11 is 5.68. The number of halogens is 3. The van der Waals surface area contributed by atoms with E-state index in [0.717, 1.165) is 6.07 Å². The zero-order valence-corrected chi connectivity index (χ0v) is 8.31. The predicted molar refractivity (Wildman–Crippen MR) is 52.1 cm³/mol. The van der Waals surface area contributed by atoms with Crippen LogP contribution >= 0.6 is 11.6 Å². The van der Waals surface area contributed by atoms with E-state index in [9.17, 15) is 13.6 Å². The highest BCUT2D eigenvalue weighted by atomic mass is 35.5. The molecule has 0 fully saturated rings. The third-order valence-corrected chi connectivity index (χ3v) is 2.37. The fourth-order valence-electron chi connectivity index (χ4n) is 1.29. The molecule has 0 spiro atoms. The lowest BCUT2D eigenvalue weighted by Gasteiger charge is -2.01. The van der Waals surface area contributed by atoms with Crippen LogP contribution in [0.3, 0.4) is 0 Å². The fourth-order valence-corrected chi connectivity index (χ4v) is 1.55. The van der Waals surface area contributed by atoms with Crippen molar-refractivity contribution in [3.05, 3.63) is 44.8 Å². The number of rotatable bonds is 0. The average molecular weight is 242 g/mol. The number of fused-ring (bicyclic) bond motifs is 1. The van der Waals surface area contributed by atoms with E-state index in [4.69, 9.17) is 16.9 Å². The highest BCUT2D eigenvalue weighted by Crippen LogP contribution is 2.27. The van der Waals surface area contributed by atoms with Crippen LogP contribution in [0.15, 0.2) is 21.3 Å². The molecule has 6 heteroatoms. The summed E-state index contributed by atoms with van der Waals surface area (Å²) in [5.74, 6) is -1.91. The quantitative estimate of drug-likeness (QED) is 0.666. The van der Waals surface area contributed by atoms with Crippen molar-refractivity contribution in [1.29, 1.82) is 5.26 Å². The highest BCUT2D eigenvalue weighted by Gasteiger charge is 2.16. The summed E-state index contributed by atoms with van der Waals surface area (Å²) in [5, 5.41) is 8.16. The second-order valence-electron chi connectivity index (χ2n) is 2.95. The van der Waals surface area contributed by atoms with E-state index in [1.54, 1.807) is 0 Å². The van der Waals surface area contributed by atoms with Crippen LogP contribution in [0.2, 0.25) is 5.02 Å². The summed E-state index contributed by atoms with van der Waals surface area (Å²) < 4.78 is 30.7. The Kier molecular flexibility index (Phi) is 2.37. The van der Waals surface area contributed by atoms with Gasteiger partial charge in [-0.3, -0.25) is 0 Å². The second-order valence-corrected chi connectivity index (χ2v) is 3.33. The normalized spacial score (nSPS) is 10.4. The largest absolute Gasteiger partial charge is 0.419 e. The molecule has 2 aromatic rings. The van der Waals surface area contributed by atoms with Gasteiger partial charge in [0.1, 0.15) is 11.9 Å². The van der Waals surface area contributed by atoms with Crippen LogP contribution in [0.25, 0.3) is 11.0 Å². The van der Waals surface area contributed by atoms with Crippen LogP contribution in [-0.2, 0) is 0 Å². The lowest BCUT2D eigenvalue weighted by molar-refractivity contribution is 0.515. The smallest absolute Gasteiger partial charge is 0.355 e. The molecule has 80 valence electrons. The summed E-state index contributed by atoms with van der Waals surface area (Å²) in [6.07, 6.45) is 0. The molecule has 1 aromatic heterocycles. The van der Waals surface area contributed by atoms with E-state index < -0.39 is 28.4 Å². The Balaban J connectivity index is 3.06. The molecule has 0 aliphatic heterocycles. The van der Waals surface area contributed by atoms with Crippen LogP contribution in [-0.4, -0.2) is 0 Å². The number of hydrogen-bond donors (Lipinski definition) is 0.